The van der Waals surface area contributed by atoms with Gasteiger partial charge in [0.1, 0.15) is 0 Å². The highest BCUT2D eigenvalue weighted by Gasteiger charge is 2.21. The van der Waals surface area contributed by atoms with Crippen LogP contribution in [-0.2, 0) is 6.42 Å². The van der Waals surface area contributed by atoms with Crippen molar-refractivity contribution in [1.29, 1.82) is 0 Å². The molecule has 2 N–H and O–H groups in total. The summed E-state index contributed by atoms with van der Waals surface area (Å²) in [6, 6.07) is 9.05. The third-order valence-corrected chi connectivity index (χ3v) is 4.39. The van der Waals surface area contributed by atoms with Crippen molar-refractivity contribution in [2.75, 3.05) is 39.0 Å². The zero-order valence-electron chi connectivity index (χ0n) is 13.0. The molecule has 0 aromatic heterocycles. The molecule has 1 unspecified atom stereocenters. The fraction of sp³-hybridized carbons (Fsp3) is 0.647. The van der Waals surface area contributed by atoms with E-state index in [1.807, 2.05) is 12.1 Å². The molecular weight excluding hydrogens is 246 g/mol. The Labute approximate surface area is 123 Å². The smallest absolute Gasteiger partial charge is 0.0314 e. The Kier molecular flexibility index (Phi) is 5.86. The van der Waals surface area contributed by atoms with Crippen LogP contribution in [0.1, 0.15) is 31.7 Å². The maximum atomic E-state index is 5.73. The zero-order chi connectivity index (χ0) is 14.4. The summed E-state index contributed by atoms with van der Waals surface area (Å²) in [5, 5.41) is 0. The van der Waals surface area contributed by atoms with Gasteiger partial charge in [0, 0.05) is 18.3 Å². The topological polar surface area (TPSA) is 32.5 Å². The van der Waals surface area contributed by atoms with Crippen molar-refractivity contribution in [3.05, 3.63) is 29.8 Å². The first-order valence-corrected chi connectivity index (χ1v) is 7.96. The van der Waals surface area contributed by atoms with E-state index < -0.39 is 0 Å². The van der Waals surface area contributed by atoms with E-state index in [1.165, 1.54) is 51.0 Å². The maximum absolute atomic E-state index is 5.73. The van der Waals surface area contributed by atoms with Crippen LogP contribution in [0.25, 0.3) is 0 Å². The second-order valence-corrected chi connectivity index (χ2v) is 6.06. The standard InChI is InChI=1S/C17H29N3/c1-3-17-14-19(2)11-5-13-20(17)12-4-6-15-7-9-16(18)10-8-15/h7-10,17H,3-6,11-14,18H2,1-2H3. The lowest BCUT2D eigenvalue weighted by atomic mass is 10.1. The second-order valence-electron chi connectivity index (χ2n) is 6.06. The minimum atomic E-state index is 0.730. The minimum absolute atomic E-state index is 0.730. The normalized spacial score (nSPS) is 21.8. The fourth-order valence-electron chi connectivity index (χ4n) is 3.15. The molecule has 0 bridgehead atoms. The Morgan fingerprint density at radius 3 is 2.65 bits per heavy atom. The predicted octanol–water partition coefficient (Wildman–Crippen LogP) is 2.62. The molecule has 0 amide bonds. The summed E-state index contributed by atoms with van der Waals surface area (Å²) in [7, 11) is 2.25. The van der Waals surface area contributed by atoms with Crippen molar-refractivity contribution in [2.24, 2.45) is 0 Å². The molecule has 1 saturated heterocycles. The Bertz CT molecular complexity index is 388. The first-order chi connectivity index (χ1) is 9.69. The number of aryl methyl sites for hydroxylation is 1. The van der Waals surface area contributed by atoms with Gasteiger partial charge in [-0.15, -0.1) is 0 Å². The van der Waals surface area contributed by atoms with Gasteiger partial charge in [0.25, 0.3) is 0 Å². The number of rotatable bonds is 5. The molecule has 1 fully saturated rings. The van der Waals surface area contributed by atoms with E-state index in [9.17, 15) is 0 Å². The fourth-order valence-corrected chi connectivity index (χ4v) is 3.15. The van der Waals surface area contributed by atoms with Crippen LogP contribution in [0.3, 0.4) is 0 Å². The monoisotopic (exact) mass is 275 g/mol. The van der Waals surface area contributed by atoms with Crippen LogP contribution in [0, 0.1) is 0 Å². The van der Waals surface area contributed by atoms with Gasteiger partial charge in [0.2, 0.25) is 0 Å². The zero-order valence-corrected chi connectivity index (χ0v) is 13.0. The first kappa shape index (κ1) is 15.3. The quantitative estimate of drug-likeness (QED) is 0.839. The number of nitrogens with zero attached hydrogens (tertiary/aromatic N) is 2. The average molecular weight is 275 g/mol. The summed E-state index contributed by atoms with van der Waals surface area (Å²) in [6.45, 7) is 7.25. The molecule has 0 radical (unpaired) electrons. The summed E-state index contributed by atoms with van der Waals surface area (Å²) in [4.78, 5) is 5.18. The number of likely N-dealkylation sites (N-methyl/N-ethyl adjacent to an activating group) is 1. The average Bonchev–Trinajstić information content (AvgIpc) is 2.62. The Morgan fingerprint density at radius 1 is 1.20 bits per heavy atom. The summed E-state index contributed by atoms with van der Waals surface area (Å²) in [5.41, 5.74) is 7.98. The van der Waals surface area contributed by atoms with Gasteiger partial charge in [-0.05, 0) is 70.1 Å². The number of anilines is 1. The van der Waals surface area contributed by atoms with Crippen molar-refractivity contribution in [1.82, 2.24) is 9.80 Å². The van der Waals surface area contributed by atoms with Gasteiger partial charge in [0.05, 0.1) is 0 Å². The van der Waals surface area contributed by atoms with Gasteiger partial charge >= 0.3 is 0 Å². The number of nitrogens with two attached hydrogens (primary N) is 1. The summed E-state index contributed by atoms with van der Waals surface area (Å²) >= 11 is 0. The molecule has 0 saturated carbocycles. The minimum Gasteiger partial charge on any atom is -0.399 e. The Hall–Kier alpha value is -1.06. The van der Waals surface area contributed by atoms with Crippen LogP contribution in [-0.4, -0.2) is 49.1 Å². The van der Waals surface area contributed by atoms with Crippen LogP contribution in [0.5, 0.6) is 0 Å². The molecule has 1 aliphatic heterocycles. The van der Waals surface area contributed by atoms with Crippen LogP contribution in [0.2, 0.25) is 0 Å². The number of benzene rings is 1. The van der Waals surface area contributed by atoms with Crippen molar-refractivity contribution >= 4 is 5.69 Å². The van der Waals surface area contributed by atoms with E-state index in [0.29, 0.717) is 0 Å². The Morgan fingerprint density at radius 2 is 1.95 bits per heavy atom. The van der Waals surface area contributed by atoms with E-state index in [-0.39, 0.29) is 0 Å². The molecule has 0 spiro atoms. The van der Waals surface area contributed by atoms with Gasteiger partial charge in [-0.2, -0.15) is 0 Å². The Balaban J connectivity index is 1.80. The van der Waals surface area contributed by atoms with E-state index in [2.05, 4.69) is 35.9 Å². The number of hydrogen-bond acceptors (Lipinski definition) is 3. The lowest BCUT2D eigenvalue weighted by Crippen LogP contribution is -2.40. The highest BCUT2D eigenvalue weighted by atomic mass is 15.2. The molecule has 1 heterocycles. The molecule has 3 heteroatoms. The van der Waals surface area contributed by atoms with Crippen molar-refractivity contribution in [3.8, 4) is 0 Å². The molecule has 1 aliphatic rings. The highest BCUT2D eigenvalue weighted by Crippen LogP contribution is 2.14. The molecule has 1 aromatic carbocycles. The van der Waals surface area contributed by atoms with Crippen molar-refractivity contribution < 1.29 is 0 Å². The van der Waals surface area contributed by atoms with Crippen LogP contribution in [0.4, 0.5) is 5.69 Å². The summed E-state index contributed by atoms with van der Waals surface area (Å²) < 4.78 is 0. The van der Waals surface area contributed by atoms with E-state index in [1.54, 1.807) is 0 Å². The van der Waals surface area contributed by atoms with Crippen LogP contribution >= 0.6 is 0 Å². The second kappa shape index (κ2) is 7.65. The summed E-state index contributed by atoms with van der Waals surface area (Å²) in [5.74, 6) is 0. The molecule has 2 rings (SSSR count). The molecule has 0 aliphatic carbocycles. The lowest BCUT2D eigenvalue weighted by molar-refractivity contribution is 0.182. The molecule has 112 valence electrons. The third kappa shape index (κ3) is 4.50. The molecule has 1 atom stereocenters. The number of nitrogen functional groups attached to an aromatic ring is 1. The highest BCUT2D eigenvalue weighted by molar-refractivity contribution is 5.39. The van der Waals surface area contributed by atoms with Crippen LogP contribution in [0.15, 0.2) is 24.3 Å². The lowest BCUT2D eigenvalue weighted by Gasteiger charge is -2.30. The van der Waals surface area contributed by atoms with Gasteiger partial charge in [-0.3, -0.25) is 4.90 Å². The van der Waals surface area contributed by atoms with Crippen molar-refractivity contribution in [3.63, 3.8) is 0 Å². The van der Waals surface area contributed by atoms with Crippen LogP contribution < -0.4 is 5.73 Å². The van der Waals surface area contributed by atoms with E-state index in [4.69, 9.17) is 5.73 Å². The van der Waals surface area contributed by atoms with Gasteiger partial charge in [0.15, 0.2) is 0 Å². The van der Waals surface area contributed by atoms with Crippen molar-refractivity contribution in [2.45, 2.75) is 38.6 Å². The largest absolute Gasteiger partial charge is 0.399 e. The van der Waals surface area contributed by atoms with Gasteiger partial charge < -0.3 is 10.6 Å². The molecular formula is C17H29N3. The molecule has 20 heavy (non-hydrogen) atoms. The van der Waals surface area contributed by atoms with Gasteiger partial charge in [-0.1, -0.05) is 19.1 Å². The van der Waals surface area contributed by atoms with E-state index >= 15 is 0 Å². The SMILES string of the molecule is CCC1CN(C)CCCN1CCCc1ccc(N)cc1. The van der Waals surface area contributed by atoms with Gasteiger partial charge in [-0.25, -0.2) is 0 Å². The predicted molar refractivity (Wildman–Crippen MR) is 86.9 cm³/mol. The first-order valence-electron chi connectivity index (χ1n) is 7.96. The molecule has 1 aromatic rings. The summed E-state index contributed by atoms with van der Waals surface area (Å²) in [6.07, 6.45) is 4.95. The van der Waals surface area contributed by atoms with E-state index in [0.717, 1.165) is 18.2 Å². The molecule has 3 nitrogen and oxygen atoms in total. The maximum Gasteiger partial charge on any atom is 0.0314 e. The number of hydrogen-bond donors (Lipinski definition) is 1. The third-order valence-electron chi connectivity index (χ3n) is 4.39.